The van der Waals surface area contributed by atoms with Crippen LogP contribution < -0.4 is 5.32 Å². The van der Waals surface area contributed by atoms with Crippen LogP contribution in [0.4, 0.5) is 4.39 Å². The Labute approximate surface area is 119 Å². The Bertz CT molecular complexity index is 557. The first-order valence-electron chi connectivity index (χ1n) is 6.05. The lowest BCUT2D eigenvalue weighted by molar-refractivity contribution is 0.364. The quantitative estimate of drug-likeness (QED) is 0.914. The van der Waals surface area contributed by atoms with Gasteiger partial charge in [-0.3, -0.25) is 0 Å². The molecule has 2 aromatic rings. The summed E-state index contributed by atoms with van der Waals surface area (Å²) in [6.45, 7) is 5.63. The molecule has 102 valence electrons. The average Bonchev–Trinajstić information content (AvgIpc) is 2.80. The van der Waals surface area contributed by atoms with Gasteiger partial charge < -0.3 is 9.84 Å². The minimum absolute atomic E-state index is 0.331. The molecule has 19 heavy (non-hydrogen) atoms. The third-order valence-electron chi connectivity index (χ3n) is 2.47. The molecule has 0 amide bonds. The van der Waals surface area contributed by atoms with Crippen LogP contribution in [0.5, 0.6) is 0 Å². The normalized spacial score (nSPS) is 11.2. The van der Waals surface area contributed by atoms with E-state index in [-0.39, 0.29) is 5.82 Å². The predicted molar refractivity (Wildman–Crippen MR) is 73.9 cm³/mol. The van der Waals surface area contributed by atoms with Crippen LogP contribution in [0.25, 0.3) is 11.4 Å². The predicted octanol–water partition coefficient (Wildman–Crippen LogP) is 3.38. The van der Waals surface area contributed by atoms with Crippen molar-refractivity contribution >= 4 is 15.9 Å². The molecule has 4 nitrogen and oxygen atoms in total. The van der Waals surface area contributed by atoms with Crippen LogP contribution in [0.1, 0.15) is 19.7 Å². The van der Waals surface area contributed by atoms with E-state index in [4.69, 9.17) is 4.52 Å². The highest BCUT2D eigenvalue weighted by Crippen LogP contribution is 2.26. The van der Waals surface area contributed by atoms with Gasteiger partial charge in [0.15, 0.2) is 0 Å². The monoisotopic (exact) mass is 327 g/mol. The Kier molecular flexibility index (Phi) is 4.66. The number of nitrogens with zero attached hydrogens (tertiary/aromatic N) is 2. The number of hydrogen-bond donors (Lipinski definition) is 1. The van der Waals surface area contributed by atoms with Crippen LogP contribution in [0.15, 0.2) is 27.2 Å². The van der Waals surface area contributed by atoms with E-state index in [0.29, 0.717) is 29.7 Å². The summed E-state index contributed by atoms with van der Waals surface area (Å²) in [7, 11) is 0. The molecule has 1 aromatic heterocycles. The lowest BCUT2D eigenvalue weighted by Gasteiger charge is -2.03. The second-order valence-corrected chi connectivity index (χ2v) is 5.51. The van der Waals surface area contributed by atoms with E-state index in [1.807, 2.05) is 0 Å². The van der Waals surface area contributed by atoms with Gasteiger partial charge in [-0.05, 0) is 30.7 Å². The molecule has 6 heteroatoms. The summed E-state index contributed by atoms with van der Waals surface area (Å²) < 4.78 is 19.1. The van der Waals surface area contributed by atoms with E-state index in [9.17, 15) is 4.39 Å². The zero-order valence-electron chi connectivity index (χ0n) is 10.8. The summed E-state index contributed by atoms with van der Waals surface area (Å²) in [6.07, 6.45) is 0. The second-order valence-electron chi connectivity index (χ2n) is 4.66. The fourth-order valence-electron chi connectivity index (χ4n) is 1.57. The van der Waals surface area contributed by atoms with Gasteiger partial charge >= 0.3 is 0 Å². The minimum Gasteiger partial charge on any atom is -0.338 e. The maximum atomic E-state index is 13.2. The number of hydrogen-bond acceptors (Lipinski definition) is 4. The van der Waals surface area contributed by atoms with Crippen molar-refractivity contribution in [2.75, 3.05) is 6.54 Å². The molecular formula is C13H15BrFN3O. The van der Waals surface area contributed by atoms with E-state index >= 15 is 0 Å². The molecule has 0 bridgehead atoms. The first kappa shape index (κ1) is 14.1. The Morgan fingerprint density at radius 1 is 1.42 bits per heavy atom. The van der Waals surface area contributed by atoms with E-state index in [1.165, 1.54) is 12.1 Å². The van der Waals surface area contributed by atoms with Gasteiger partial charge in [0.2, 0.25) is 11.7 Å². The number of halogens is 2. The molecule has 0 aliphatic heterocycles. The van der Waals surface area contributed by atoms with Crippen molar-refractivity contribution in [3.05, 3.63) is 34.4 Å². The zero-order valence-corrected chi connectivity index (χ0v) is 12.4. The third-order valence-corrected chi connectivity index (χ3v) is 3.16. The molecule has 0 spiro atoms. The molecule has 0 fully saturated rings. The zero-order chi connectivity index (χ0) is 13.8. The summed E-state index contributed by atoms with van der Waals surface area (Å²) in [5.41, 5.74) is 0.582. The van der Waals surface area contributed by atoms with Crippen LogP contribution >= 0.6 is 15.9 Å². The molecule has 0 radical (unpaired) electrons. The molecule has 0 unspecified atom stereocenters. The van der Waals surface area contributed by atoms with Crippen molar-refractivity contribution in [1.29, 1.82) is 0 Å². The molecule has 1 N–H and O–H groups in total. The van der Waals surface area contributed by atoms with Gasteiger partial charge in [-0.2, -0.15) is 4.98 Å². The smallest absolute Gasteiger partial charge is 0.240 e. The molecule has 1 aromatic carbocycles. The van der Waals surface area contributed by atoms with Crippen LogP contribution in [0.3, 0.4) is 0 Å². The Morgan fingerprint density at radius 2 is 2.21 bits per heavy atom. The Balaban J connectivity index is 2.10. The summed E-state index contributed by atoms with van der Waals surface area (Å²) >= 11 is 3.34. The summed E-state index contributed by atoms with van der Waals surface area (Å²) in [5.74, 6) is 1.10. The van der Waals surface area contributed by atoms with Crippen LogP contribution in [0.2, 0.25) is 0 Å². The van der Waals surface area contributed by atoms with Gasteiger partial charge in [0.1, 0.15) is 5.82 Å². The number of rotatable bonds is 5. The van der Waals surface area contributed by atoms with Gasteiger partial charge in [-0.15, -0.1) is 0 Å². The van der Waals surface area contributed by atoms with Crippen LogP contribution in [-0.4, -0.2) is 16.7 Å². The van der Waals surface area contributed by atoms with Crippen LogP contribution in [-0.2, 0) is 6.54 Å². The number of aromatic nitrogens is 2. The van der Waals surface area contributed by atoms with Gasteiger partial charge in [0.05, 0.1) is 6.54 Å². The molecule has 0 saturated heterocycles. The molecular weight excluding hydrogens is 313 g/mol. The fourth-order valence-corrected chi connectivity index (χ4v) is 2.00. The van der Waals surface area contributed by atoms with Gasteiger partial charge in [0.25, 0.3) is 0 Å². The van der Waals surface area contributed by atoms with Crippen molar-refractivity contribution in [1.82, 2.24) is 15.5 Å². The Hall–Kier alpha value is -1.27. The standard InChI is InChI=1S/C13H15BrFN3O/c1-8(2)6-16-7-12-17-13(18-19-12)10-5-9(15)3-4-11(10)14/h3-5,8,16H,6-7H2,1-2H3. The summed E-state index contributed by atoms with van der Waals surface area (Å²) in [6, 6.07) is 4.37. The average molecular weight is 328 g/mol. The van der Waals surface area contributed by atoms with Gasteiger partial charge in [0, 0.05) is 10.0 Å². The van der Waals surface area contributed by atoms with Crippen molar-refractivity contribution in [2.45, 2.75) is 20.4 Å². The Morgan fingerprint density at radius 3 is 2.95 bits per heavy atom. The van der Waals surface area contributed by atoms with E-state index in [2.05, 4.69) is 45.2 Å². The largest absolute Gasteiger partial charge is 0.338 e. The SMILES string of the molecule is CC(C)CNCc1nc(-c2cc(F)ccc2Br)no1. The molecule has 1 heterocycles. The lowest BCUT2D eigenvalue weighted by Crippen LogP contribution is -2.19. The number of benzene rings is 1. The van der Waals surface area contributed by atoms with Gasteiger partial charge in [-0.25, -0.2) is 4.39 Å². The maximum absolute atomic E-state index is 13.2. The topological polar surface area (TPSA) is 51.0 Å². The second kappa shape index (κ2) is 6.25. The molecule has 0 atom stereocenters. The first-order chi connectivity index (χ1) is 9.06. The van der Waals surface area contributed by atoms with Crippen molar-refractivity contribution < 1.29 is 8.91 Å². The van der Waals surface area contributed by atoms with E-state index in [0.717, 1.165) is 11.0 Å². The van der Waals surface area contributed by atoms with Crippen LogP contribution in [0, 0.1) is 11.7 Å². The fraction of sp³-hybridized carbons (Fsp3) is 0.385. The van der Waals surface area contributed by atoms with Crippen molar-refractivity contribution in [3.63, 3.8) is 0 Å². The highest BCUT2D eigenvalue weighted by atomic mass is 79.9. The minimum atomic E-state index is -0.331. The molecule has 2 rings (SSSR count). The summed E-state index contributed by atoms with van der Waals surface area (Å²) in [4.78, 5) is 4.24. The lowest BCUT2D eigenvalue weighted by atomic mass is 10.2. The van der Waals surface area contributed by atoms with E-state index in [1.54, 1.807) is 6.07 Å². The highest BCUT2D eigenvalue weighted by molar-refractivity contribution is 9.10. The molecule has 0 saturated carbocycles. The van der Waals surface area contributed by atoms with E-state index < -0.39 is 0 Å². The summed E-state index contributed by atoms with van der Waals surface area (Å²) in [5, 5.41) is 7.07. The van der Waals surface area contributed by atoms with Gasteiger partial charge in [-0.1, -0.05) is 34.9 Å². The molecule has 0 aliphatic carbocycles. The van der Waals surface area contributed by atoms with Crippen molar-refractivity contribution in [3.8, 4) is 11.4 Å². The molecule has 0 aliphatic rings. The number of nitrogens with one attached hydrogen (secondary N) is 1. The van der Waals surface area contributed by atoms with Crippen molar-refractivity contribution in [2.24, 2.45) is 5.92 Å². The first-order valence-corrected chi connectivity index (χ1v) is 6.84. The maximum Gasteiger partial charge on any atom is 0.240 e. The highest BCUT2D eigenvalue weighted by Gasteiger charge is 2.12. The third kappa shape index (κ3) is 3.84.